The highest BCUT2D eigenvalue weighted by Gasteiger charge is 2.39. The Morgan fingerprint density at radius 2 is 2.07 bits per heavy atom. The lowest BCUT2D eigenvalue weighted by Crippen LogP contribution is -2.54. The van der Waals surface area contributed by atoms with Gasteiger partial charge in [0.15, 0.2) is 0 Å². The van der Waals surface area contributed by atoms with Crippen molar-refractivity contribution in [3.05, 3.63) is 0 Å². The molecule has 2 unspecified atom stereocenters. The molecule has 2 rings (SSSR count). The molecule has 0 aromatic carbocycles. The van der Waals surface area contributed by atoms with Crippen molar-refractivity contribution in [1.82, 2.24) is 10.2 Å². The van der Waals surface area contributed by atoms with E-state index in [1.807, 2.05) is 7.05 Å². The SMILES string of the molecule is CNC1(CO)CCCC(N(C)C2CC2)C1. The van der Waals surface area contributed by atoms with E-state index in [-0.39, 0.29) is 12.1 Å². The zero-order valence-electron chi connectivity index (χ0n) is 10.00. The van der Waals surface area contributed by atoms with Gasteiger partial charge in [-0.25, -0.2) is 0 Å². The summed E-state index contributed by atoms with van der Waals surface area (Å²) in [6.45, 7) is 0.276. The van der Waals surface area contributed by atoms with Crippen LogP contribution in [0.5, 0.6) is 0 Å². The van der Waals surface area contributed by atoms with Crippen LogP contribution in [0.2, 0.25) is 0 Å². The molecule has 2 N–H and O–H groups in total. The van der Waals surface area contributed by atoms with E-state index in [4.69, 9.17) is 0 Å². The van der Waals surface area contributed by atoms with E-state index in [0.29, 0.717) is 6.04 Å². The van der Waals surface area contributed by atoms with Crippen LogP contribution in [0.4, 0.5) is 0 Å². The molecule has 2 atom stereocenters. The second-order valence-electron chi connectivity index (χ2n) is 5.34. The van der Waals surface area contributed by atoms with Gasteiger partial charge < -0.3 is 15.3 Å². The zero-order valence-corrected chi connectivity index (χ0v) is 10.00. The van der Waals surface area contributed by atoms with Gasteiger partial charge in [0.25, 0.3) is 0 Å². The highest BCUT2D eigenvalue weighted by atomic mass is 16.3. The van der Waals surface area contributed by atoms with Crippen LogP contribution >= 0.6 is 0 Å². The van der Waals surface area contributed by atoms with Crippen LogP contribution < -0.4 is 5.32 Å². The number of rotatable bonds is 4. The largest absolute Gasteiger partial charge is 0.394 e. The van der Waals surface area contributed by atoms with E-state index in [1.165, 1.54) is 25.7 Å². The Bertz CT molecular complexity index is 212. The van der Waals surface area contributed by atoms with Gasteiger partial charge in [-0.05, 0) is 52.6 Å². The van der Waals surface area contributed by atoms with Crippen LogP contribution in [-0.4, -0.2) is 48.3 Å². The van der Waals surface area contributed by atoms with Crippen molar-refractivity contribution in [2.45, 2.75) is 56.1 Å². The number of hydrogen-bond acceptors (Lipinski definition) is 3. The molecular formula is C12H24N2O. The quantitative estimate of drug-likeness (QED) is 0.729. The Morgan fingerprint density at radius 1 is 1.33 bits per heavy atom. The first-order chi connectivity index (χ1) is 7.21. The summed E-state index contributed by atoms with van der Waals surface area (Å²) in [6.07, 6.45) is 7.51. The molecule has 0 heterocycles. The molecule has 2 aliphatic rings. The van der Waals surface area contributed by atoms with Crippen molar-refractivity contribution in [3.63, 3.8) is 0 Å². The molecule has 0 saturated heterocycles. The standard InChI is InChI=1S/C12H24N2O/c1-13-12(9-15)7-3-4-11(8-12)14(2)10-5-6-10/h10-11,13,15H,3-9H2,1-2H3. The third-order valence-electron chi connectivity index (χ3n) is 4.35. The molecule has 88 valence electrons. The normalized spacial score (nSPS) is 37.2. The highest BCUT2D eigenvalue weighted by Crippen LogP contribution is 2.35. The van der Waals surface area contributed by atoms with Gasteiger partial charge in [-0.1, -0.05) is 0 Å². The maximum atomic E-state index is 9.51. The molecule has 0 amide bonds. The van der Waals surface area contributed by atoms with E-state index in [0.717, 1.165) is 18.9 Å². The molecule has 15 heavy (non-hydrogen) atoms. The summed E-state index contributed by atoms with van der Waals surface area (Å²) >= 11 is 0. The lowest BCUT2D eigenvalue weighted by molar-refractivity contribution is 0.0718. The molecule has 2 aliphatic carbocycles. The van der Waals surface area contributed by atoms with Crippen LogP contribution in [0.1, 0.15) is 38.5 Å². The van der Waals surface area contributed by atoms with Gasteiger partial charge in [-0.2, -0.15) is 0 Å². The third-order valence-corrected chi connectivity index (χ3v) is 4.35. The highest BCUT2D eigenvalue weighted by molar-refractivity contribution is 4.97. The number of hydrogen-bond donors (Lipinski definition) is 2. The molecule has 2 saturated carbocycles. The zero-order chi connectivity index (χ0) is 10.9. The van der Waals surface area contributed by atoms with Gasteiger partial charge in [0, 0.05) is 17.6 Å². The predicted octanol–water partition coefficient (Wildman–Crippen LogP) is 0.974. The fraction of sp³-hybridized carbons (Fsp3) is 1.00. The molecule has 0 aromatic heterocycles. The molecule has 3 heteroatoms. The van der Waals surface area contributed by atoms with Gasteiger partial charge in [0.1, 0.15) is 0 Å². The number of nitrogens with one attached hydrogen (secondary N) is 1. The number of likely N-dealkylation sites (N-methyl/N-ethyl adjacent to an activating group) is 1. The van der Waals surface area contributed by atoms with Crippen molar-refractivity contribution >= 4 is 0 Å². The van der Waals surface area contributed by atoms with Crippen molar-refractivity contribution in [2.75, 3.05) is 20.7 Å². The average molecular weight is 212 g/mol. The average Bonchev–Trinajstić information content (AvgIpc) is 3.12. The second-order valence-corrected chi connectivity index (χ2v) is 5.34. The lowest BCUT2D eigenvalue weighted by atomic mass is 9.79. The predicted molar refractivity (Wildman–Crippen MR) is 61.9 cm³/mol. The minimum Gasteiger partial charge on any atom is -0.394 e. The molecule has 0 bridgehead atoms. The molecule has 0 radical (unpaired) electrons. The fourth-order valence-electron chi connectivity index (χ4n) is 2.91. The monoisotopic (exact) mass is 212 g/mol. The molecule has 0 spiro atoms. The van der Waals surface area contributed by atoms with E-state index in [2.05, 4.69) is 17.3 Å². The molecular weight excluding hydrogens is 188 g/mol. The summed E-state index contributed by atoms with van der Waals surface area (Å²) in [5.41, 5.74) is -0.00787. The summed E-state index contributed by atoms with van der Waals surface area (Å²) in [5.74, 6) is 0. The topological polar surface area (TPSA) is 35.5 Å². The summed E-state index contributed by atoms with van der Waals surface area (Å²) in [6, 6.07) is 1.51. The molecule has 2 fully saturated rings. The van der Waals surface area contributed by atoms with Crippen LogP contribution in [-0.2, 0) is 0 Å². The summed E-state index contributed by atoms with van der Waals surface area (Å²) in [5, 5.41) is 12.8. The molecule has 0 aromatic rings. The summed E-state index contributed by atoms with van der Waals surface area (Å²) in [4.78, 5) is 2.54. The minimum absolute atomic E-state index is 0.00787. The van der Waals surface area contributed by atoms with Gasteiger partial charge in [-0.15, -0.1) is 0 Å². The van der Waals surface area contributed by atoms with Gasteiger partial charge >= 0.3 is 0 Å². The minimum atomic E-state index is -0.00787. The summed E-state index contributed by atoms with van der Waals surface area (Å²) < 4.78 is 0. The van der Waals surface area contributed by atoms with E-state index < -0.39 is 0 Å². The Hall–Kier alpha value is -0.120. The smallest absolute Gasteiger partial charge is 0.0613 e. The first-order valence-electron chi connectivity index (χ1n) is 6.22. The Labute approximate surface area is 92.8 Å². The molecule has 0 aliphatic heterocycles. The van der Waals surface area contributed by atoms with Gasteiger partial charge in [-0.3, -0.25) is 0 Å². The summed E-state index contributed by atoms with van der Waals surface area (Å²) in [7, 11) is 4.24. The second kappa shape index (κ2) is 4.40. The van der Waals surface area contributed by atoms with E-state index in [9.17, 15) is 5.11 Å². The van der Waals surface area contributed by atoms with Crippen molar-refractivity contribution < 1.29 is 5.11 Å². The van der Waals surface area contributed by atoms with E-state index >= 15 is 0 Å². The van der Waals surface area contributed by atoms with Crippen molar-refractivity contribution in [1.29, 1.82) is 0 Å². The number of nitrogens with zero attached hydrogens (tertiary/aromatic N) is 1. The van der Waals surface area contributed by atoms with Crippen molar-refractivity contribution in [3.8, 4) is 0 Å². The third kappa shape index (κ3) is 2.35. The van der Waals surface area contributed by atoms with Crippen LogP contribution in [0.25, 0.3) is 0 Å². The van der Waals surface area contributed by atoms with Crippen LogP contribution in [0.3, 0.4) is 0 Å². The van der Waals surface area contributed by atoms with Gasteiger partial charge in [0.2, 0.25) is 0 Å². The maximum Gasteiger partial charge on any atom is 0.0613 e. The Balaban J connectivity index is 1.96. The van der Waals surface area contributed by atoms with Gasteiger partial charge in [0.05, 0.1) is 6.61 Å². The first-order valence-corrected chi connectivity index (χ1v) is 6.22. The first kappa shape index (κ1) is 11.4. The Morgan fingerprint density at radius 3 is 2.60 bits per heavy atom. The number of aliphatic hydroxyl groups excluding tert-OH is 1. The maximum absolute atomic E-state index is 9.51. The van der Waals surface area contributed by atoms with E-state index in [1.54, 1.807) is 0 Å². The lowest BCUT2D eigenvalue weighted by Gasteiger charge is -2.43. The fourth-order valence-corrected chi connectivity index (χ4v) is 2.91. The number of aliphatic hydroxyl groups is 1. The van der Waals surface area contributed by atoms with Crippen LogP contribution in [0, 0.1) is 0 Å². The molecule has 3 nitrogen and oxygen atoms in total. The van der Waals surface area contributed by atoms with Crippen molar-refractivity contribution in [2.24, 2.45) is 0 Å². The van der Waals surface area contributed by atoms with Crippen LogP contribution in [0.15, 0.2) is 0 Å². The Kier molecular flexibility index (Phi) is 3.33.